The highest BCUT2D eigenvalue weighted by molar-refractivity contribution is 6.77. The fraction of sp³-hybridized carbons (Fsp3) is 0.918. The number of carbonyl (C=O) groups excluding carboxylic acids is 4. The van der Waals surface area contributed by atoms with Crippen molar-refractivity contribution in [3.63, 3.8) is 0 Å². The lowest BCUT2D eigenvalue weighted by Crippen LogP contribution is -2.63. The number of aliphatic hydroxyl groups is 5. The largest absolute Gasteiger partial charge is 0.394 e. The van der Waals surface area contributed by atoms with Gasteiger partial charge in [0.15, 0.2) is 18.4 Å². The lowest BCUT2D eigenvalue weighted by molar-refractivity contribution is -0.351. The quantitative estimate of drug-likeness (QED) is 0.0304. The molecule has 4 unspecified atom stereocenters. The Morgan fingerprint density at radius 1 is 0.567 bits per heavy atom. The van der Waals surface area contributed by atoms with Gasteiger partial charge in [0, 0.05) is 45.5 Å². The summed E-state index contributed by atoms with van der Waals surface area (Å²) in [6.45, 7) is 6.21. The van der Waals surface area contributed by atoms with E-state index in [-0.39, 0.29) is 32.5 Å². The van der Waals surface area contributed by atoms with Gasteiger partial charge in [-0.05, 0) is 12.8 Å². The average molecular weight is 957 g/mol. The lowest BCUT2D eigenvalue weighted by Gasteiger charge is -2.46. The van der Waals surface area contributed by atoms with Gasteiger partial charge in [-0.15, -0.1) is 0 Å². The van der Waals surface area contributed by atoms with E-state index < -0.39 is 91.5 Å². The van der Waals surface area contributed by atoms with Crippen LogP contribution < -0.4 is 21.3 Å². The second-order valence-corrected chi connectivity index (χ2v) is 19.0. The Hall–Kier alpha value is -2.42. The van der Waals surface area contributed by atoms with E-state index in [2.05, 4.69) is 35.1 Å². The molecule has 67 heavy (non-hydrogen) atoms. The number of nitrogens with one attached hydrogen (secondary N) is 4. The number of amides is 4. The van der Waals surface area contributed by atoms with Crippen molar-refractivity contribution in [2.45, 2.75) is 249 Å². The zero-order chi connectivity index (χ0) is 49.2. The molecule has 0 aliphatic carbocycles. The van der Waals surface area contributed by atoms with Crippen LogP contribution in [0.2, 0.25) is 0 Å². The highest BCUT2D eigenvalue weighted by atomic mass is 16.7. The van der Waals surface area contributed by atoms with Gasteiger partial charge in [0.05, 0.1) is 24.8 Å². The van der Waals surface area contributed by atoms with Crippen molar-refractivity contribution < 1.29 is 63.7 Å². The van der Waals surface area contributed by atoms with Crippen LogP contribution in [-0.2, 0) is 33.3 Å². The molecule has 2 rings (SSSR count). The zero-order valence-electron chi connectivity index (χ0n) is 41.8. The first-order valence-electron chi connectivity index (χ1n) is 26.3. The molecule has 4 amide bonds. The van der Waals surface area contributed by atoms with E-state index in [1.54, 1.807) is 6.92 Å². The number of aliphatic hydroxyl groups excluding tert-OH is 5. The Morgan fingerprint density at radius 2 is 1.01 bits per heavy atom. The van der Waals surface area contributed by atoms with E-state index in [1.807, 2.05) is 0 Å². The van der Waals surface area contributed by atoms with E-state index in [0.717, 1.165) is 44.9 Å². The summed E-state index contributed by atoms with van der Waals surface area (Å²) in [5.41, 5.74) is 0. The molecule has 18 heteroatoms. The summed E-state index contributed by atoms with van der Waals surface area (Å²) in [5, 5.41) is 63.6. The SMILES string of the molecule is CCCCCCCCCCCCCCCCNC(=O)B[C@H](NC(=O)CCC(=O)NCC1O[C@H](O[C@@H]2C(CO)O[C@H](OC)C(O)[C@H]2O)C(O)[C@@H](O)[C@@H]1C)C(=O)NCCCCCCCCCCCC. The fourth-order valence-electron chi connectivity index (χ4n) is 8.74. The van der Waals surface area contributed by atoms with Crippen LogP contribution in [0.1, 0.15) is 188 Å². The van der Waals surface area contributed by atoms with Crippen LogP contribution >= 0.6 is 0 Å². The fourth-order valence-corrected chi connectivity index (χ4v) is 8.74. The van der Waals surface area contributed by atoms with E-state index in [0.29, 0.717) is 13.1 Å². The molecule has 2 fully saturated rings. The molecule has 2 aliphatic heterocycles. The van der Waals surface area contributed by atoms with Gasteiger partial charge < -0.3 is 65.7 Å². The summed E-state index contributed by atoms with van der Waals surface area (Å²) in [4.78, 5) is 52.5. The lowest BCUT2D eigenvalue weighted by atomic mass is 9.67. The maximum absolute atomic E-state index is 13.3. The van der Waals surface area contributed by atoms with Crippen LogP contribution in [0.3, 0.4) is 0 Å². The molecule has 0 aromatic rings. The molecule has 0 saturated carbocycles. The van der Waals surface area contributed by atoms with Gasteiger partial charge in [-0.1, -0.05) is 162 Å². The van der Waals surface area contributed by atoms with Crippen LogP contribution in [0.15, 0.2) is 0 Å². The molecule has 0 aromatic heterocycles. The van der Waals surface area contributed by atoms with Crippen LogP contribution in [0.25, 0.3) is 0 Å². The number of methoxy groups -OCH3 is 1. The van der Waals surface area contributed by atoms with Crippen molar-refractivity contribution in [3.05, 3.63) is 0 Å². The molecule has 0 radical (unpaired) electrons. The number of ether oxygens (including phenoxy) is 4. The predicted octanol–water partition coefficient (Wildman–Crippen LogP) is 4.54. The third-order valence-electron chi connectivity index (χ3n) is 13.2. The summed E-state index contributed by atoms with van der Waals surface area (Å²) < 4.78 is 22.1. The first kappa shape index (κ1) is 60.7. The van der Waals surface area contributed by atoms with Crippen molar-refractivity contribution in [1.29, 1.82) is 0 Å². The summed E-state index contributed by atoms with van der Waals surface area (Å²) >= 11 is 0. The smallest absolute Gasteiger partial charge is 0.271 e. The van der Waals surface area contributed by atoms with Gasteiger partial charge in [0.2, 0.25) is 17.7 Å². The number of hydrogen-bond donors (Lipinski definition) is 9. The molecular formula is C49H93BN4O13. The Balaban J connectivity index is 1.83. The van der Waals surface area contributed by atoms with Crippen molar-refractivity contribution in [2.75, 3.05) is 33.4 Å². The van der Waals surface area contributed by atoms with Crippen molar-refractivity contribution in [1.82, 2.24) is 21.3 Å². The standard InChI is InChI=1S/C49H93BN4O13/c1-5-7-9-11-13-15-17-18-19-20-22-24-26-28-32-52-49(63)50-45(46(62)51-31-27-25-23-21-16-14-12-10-8-6-2)54-39(57)30-29-38(56)53-33-36-35(3)40(58)42(60)48(65-36)67-44-37(34-55)66-47(64-4)43(61)41(44)59/h35-37,40-45,47-48,50,55,58-61H,5-34H2,1-4H3,(H,51,62)(H,52,63)(H,53,56)(H,54,57)/t35-,36?,37?,40+,41-,42?,43?,44-,45-,47+,48-/m1/s1. The molecule has 390 valence electrons. The molecule has 0 bridgehead atoms. The minimum atomic E-state index is -1.60. The minimum Gasteiger partial charge on any atom is -0.394 e. The first-order chi connectivity index (χ1) is 32.4. The summed E-state index contributed by atoms with van der Waals surface area (Å²) in [7, 11) is 1.02. The van der Waals surface area contributed by atoms with E-state index in [9.17, 15) is 44.7 Å². The molecule has 9 N–H and O–H groups in total. The summed E-state index contributed by atoms with van der Waals surface area (Å²) in [6.07, 6.45) is 16.1. The monoisotopic (exact) mass is 957 g/mol. The Morgan fingerprint density at radius 3 is 1.51 bits per heavy atom. The van der Waals surface area contributed by atoms with Gasteiger partial charge in [-0.2, -0.15) is 0 Å². The normalized spacial score (nSPS) is 25.6. The number of unbranched alkanes of at least 4 members (excludes halogenated alkanes) is 22. The van der Waals surface area contributed by atoms with Gasteiger partial charge >= 0.3 is 0 Å². The minimum absolute atomic E-state index is 0.143. The van der Waals surface area contributed by atoms with Gasteiger partial charge in [0.25, 0.3) is 7.28 Å². The Kier molecular flexibility index (Phi) is 33.9. The van der Waals surface area contributed by atoms with E-state index in [4.69, 9.17) is 18.9 Å². The molecule has 17 nitrogen and oxygen atoms in total. The number of hydrogen-bond acceptors (Lipinski definition) is 13. The summed E-state index contributed by atoms with van der Waals surface area (Å²) in [5.74, 6) is -3.70. The van der Waals surface area contributed by atoms with Gasteiger partial charge in [0.1, 0.15) is 30.5 Å². The third-order valence-corrected chi connectivity index (χ3v) is 13.2. The van der Waals surface area contributed by atoms with Gasteiger partial charge in [-0.25, -0.2) is 0 Å². The molecule has 2 heterocycles. The third kappa shape index (κ3) is 25.3. The maximum atomic E-state index is 13.3. The Labute approximate surface area is 403 Å². The molecule has 11 atom stereocenters. The first-order valence-corrected chi connectivity index (χ1v) is 26.3. The highest BCUT2D eigenvalue weighted by Crippen LogP contribution is 2.31. The van der Waals surface area contributed by atoms with Crippen molar-refractivity contribution >= 4 is 30.8 Å². The number of rotatable bonds is 39. The predicted molar refractivity (Wildman–Crippen MR) is 259 cm³/mol. The zero-order valence-corrected chi connectivity index (χ0v) is 41.8. The number of carbonyl (C=O) groups is 4. The van der Waals surface area contributed by atoms with E-state index in [1.165, 1.54) is 116 Å². The van der Waals surface area contributed by atoms with E-state index >= 15 is 0 Å². The maximum Gasteiger partial charge on any atom is 0.271 e. The van der Waals surface area contributed by atoms with Crippen LogP contribution in [-0.4, -0.2) is 151 Å². The van der Waals surface area contributed by atoms with Gasteiger partial charge in [-0.3, -0.25) is 19.2 Å². The molecular weight excluding hydrogens is 863 g/mol. The molecule has 0 aromatic carbocycles. The second kappa shape index (κ2) is 37.4. The highest BCUT2D eigenvalue weighted by Gasteiger charge is 2.50. The second-order valence-electron chi connectivity index (χ2n) is 19.0. The molecule has 0 spiro atoms. The molecule has 2 saturated heterocycles. The van der Waals surface area contributed by atoms with Crippen LogP contribution in [0.4, 0.5) is 4.79 Å². The Bertz CT molecular complexity index is 1320. The van der Waals surface area contributed by atoms with Crippen molar-refractivity contribution in [3.8, 4) is 0 Å². The van der Waals surface area contributed by atoms with Crippen LogP contribution in [0.5, 0.6) is 0 Å². The van der Waals surface area contributed by atoms with Crippen molar-refractivity contribution in [2.24, 2.45) is 5.92 Å². The van der Waals surface area contributed by atoms with Crippen LogP contribution in [0, 0.1) is 5.92 Å². The summed E-state index contributed by atoms with van der Waals surface area (Å²) in [6, 6.07) is 0. The topological polar surface area (TPSA) is 254 Å². The molecule has 2 aliphatic rings. The average Bonchev–Trinajstić information content (AvgIpc) is 3.32.